The van der Waals surface area contributed by atoms with Crippen LogP contribution in [-0.2, 0) is 7.05 Å². The summed E-state index contributed by atoms with van der Waals surface area (Å²) in [4.78, 5) is 0. The highest BCUT2D eigenvalue weighted by Gasteiger charge is 2.19. The van der Waals surface area contributed by atoms with Crippen LogP contribution in [0.3, 0.4) is 0 Å². The highest BCUT2D eigenvalue weighted by atomic mass is 35.5. The van der Waals surface area contributed by atoms with E-state index < -0.39 is 0 Å². The zero-order chi connectivity index (χ0) is 12.4. The number of rotatable bonds is 3. The molecule has 0 fully saturated rings. The molecule has 1 unspecified atom stereocenters. The van der Waals surface area contributed by atoms with Crippen LogP contribution in [-0.4, -0.2) is 16.8 Å². The Bertz CT molecular complexity index is 524. The molecule has 0 saturated carbocycles. The first-order chi connectivity index (χ1) is 8.13. The fourth-order valence-electron chi connectivity index (χ4n) is 1.87. The lowest BCUT2D eigenvalue weighted by molar-refractivity contribution is 0.552. The maximum atomic E-state index is 13.8. The molecule has 0 bridgehead atoms. The minimum Gasteiger partial charge on any atom is -0.308 e. The van der Waals surface area contributed by atoms with E-state index in [9.17, 15) is 4.39 Å². The van der Waals surface area contributed by atoms with E-state index in [1.807, 2.05) is 13.1 Å². The van der Waals surface area contributed by atoms with Crippen molar-refractivity contribution in [1.82, 2.24) is 15.1 Å². The smallest absolute Gasteiger partial charge is 0.128 e. The Labute approximate surface area is 104 Å². The van der Waals surface area contributed by atoms with E-state index in [0.29, 0.717) is 10.6 Å². The third kappa shape index (κ3) is 2.33. The molecule has 0 spiro atoms. The van der Waals surface area contributed by atoms with E-state index in [1.54, 1.807) is 24.0 Å². The van der Waals surface area contributed by atoms with E-state index in [1.165, 1.54) is 12.1 Å². The molecule has 5 heteroatoms. The first-order valence-corrected chi connectivity index (χ1v) is 5.61. The molecular formula is C12H13ClFN3. The van der Waals surface area contributed by atoms with Gasteiger partial charge in [-0.15, -0.1) is 0 Å². The molecule has 0 aliphatic heterocycles. The maximum absolute atomic E-state index is 13.8. The van der Waals surface area contributed by atoms with Gasteiger partial charge in [0.2, 0.25) is 0 Å². The molecule has 1 heterocycles. The largest absolute Gasteiger partial charge is 0.308 e. The standard InChI is InChI=1S/C12H13ClFN3/c1-15-12(11-5-6-16-17(11)2)9-7-8(13)3-4-10(9)14/h3-7,12,15H,1-2H3. The van der Waals surface area contributed by atoms with Gasteiger partial charge in [0.15, 0.2) is 0 Å². The summed E-state index contributed by atoms with van der Waals surface area (Å²) < 4.78 is 15.5. The van der Waals surface area contributed by atoms with E-state index in [0.717, 1.165) is 5.69 Å². The first-order valence-electron chi connectivity index (χ1n) is 5.23. The Balaban J connectivity index is 2.49. The van der Waals surface area contributed by atoms with Crippen LogP contribution in [0.25, 0.3) is 0 Å². The number of aromatic nitrogens is 2. The van der Waals surface area contributed by atoms with Crippen LogP contribution in [0.15, 0.2) is 30.5 Å². The second-order valence-corrected chi connectivity index (χ2v) is 4.20. The molecule has 3 nitrogen and oxygen atoms in total. The van der Waals surface area contributed by atoms with Crippen LogP contribution < -0.4 is 5.32 Å². The Morgan fingerprint density at radius 3 is 2.76 bits per heavy atom. The summed E-state index contributed by atoms with van der Waals surface area (Å²) >= 11 is 5.90. The molecule has 0 amide bonds. The van der Waals surface area contributed by atoms with Gasteiger partial charge < -0.3 is 5.32 Å². The van der Waals surface area contributed by atoms with Crippen LogP contribution in [0, 0.1) is 5.82 Å². The first kappa shape index (κ1) is 12.1. The number of hydrogen-bond donors (Lipinski definition) is 1. The van der Waals surface area contributed by atoms with Gasteiger partial charge in [-0.05, 0) is 31.3 Å². The highest BCUT2D eigenvalue weighted by molar-refractivity contribution is 6.30. The van der Waals surface area contributed by atoms with Crippen molar-refractivity contribution in [2.45, 2.75) is 6.04 Å². The van der Waals surface area contributed by atoms with Gasteiger partial charge in [0.05, 0.1) is 11.7 Å². The van der Waals surface area contributed by atoms with Crippen molar-refractivity contribution >= 4 is 11.6 Å². The minimum absolute atomic E-state index is 0.263. The van der Waals surface area contributed by atoms with Gasteiger partial charge in [-0.2, -0.15) is 5.10 Å². The molecule has 0 aliphatic carbocycles. The summed E-state index contributed by atoms with van der Waals surface area (Å²) in [7, 11) is 3.60. The van der Waals surface area contributed by atoms with Gasteiger partial charge in [-0.1, -0.05) is 11.6 Å². The topological polar surface area (TPSA) is 29.9 Å². The van der Waals surface area contributed by atoms with Crippen molar-refractivity contribution in [1.29, 1.82) is 0 Å². The number of nitrogens with one attached hydrogen (secondary N) is 1. The Morgan fingerprint density at radius 1 is 1.41 bits per heavy atom. The Kier molecular flexibility index (Phi) is 3.45. The van der Waals surface area contributed by atoms with E-state index in [-0.39, 0.29) is 11.9 Å². The lowest BCUT2D eigenvalue weighted by Gasteiger charge is -2.17. The average Bonchev–Trinajstić information content (AvgIpc) is 2.71. The Morgan fingerprint density at radius 2 is 2.18 bits per heavy atom. The van der Waals surface area contributed by atoms with Gasteiger partial charge >= 0.3 is 0 Å². The van der Waals surface area contributed by atoms with E-state index >= 15 is 0 Å². The van der Waals surface area contributed by atoms with E-state index in [2.05, 4.69) is 10.4 Å². The van der Waals surface area contributed by atoms with Crippen molar-refractivity contribution in [2.24, 2.45) is 7.05 Å². The quantitative estimate of drug-likeness (QED) is 0.911. The molecule has 90 valence electrons. The number of nitrogens with zero attached hydrogens (tertiary/aromatic N) is 2. The van der Waals surface area contributed by atoms with Gasteiger partial charge in [0.25, 0.3) is 0 Å². The molecule has 0 aliphatic rings. The van der Waals surface area contributed by atoms with Crippen LogP contribution in [0.2, 0.25) is 5.02 Å². The second kappa shape index (κ2) is 4.85. The minimum atomic E-state index is -0.282. The lowest BCUT2D eigenvalue weighted by atomic mass is 10.0. The molecule has 1 atom stereocenters. The summed E-state index contributed by atoms with van der Waals surface area (Å²) in [5, 5.41) is 7.67. The van der Waals surface area contributed by atoms with Crippen LogP contribution in [0.1, 0.15) is 17.3 Å². The zero-order valence-electron chi connectivity index (χ0n) is 9.61. The van der Waals surface area contributed by atoms with Gasteiger partial charge in [-0.25, -0.2) is 4.39 Å². The van der Waals surface area contributed by atoms with E-state index in [4.69, 9.17) is 11.6 Å². The SMILES string of the molecule is CNC(c1cc(Cl)ccc1F)c1ccnn1C. The molecule has 1 aromatic heterocycles. The number of aryl methyl sites for hydroxylation is 1. The zero-order valence-corrected chi connectivity index (χ0v) is 10.4. The van der Waals surface area contributed by atoms with Crippen molar-refractivity contribution < 1.29 is 4.39 Å². The van der Waals surface area contributed by atoms with Gasteiger partial charge in [0.1, 0.15) is 5.82 Å². The maximum Gasteiger partial charge on any atom is 0.128 e. The predicted octanol–water partition coefficient (Wildman–Crippen LogP) is 2.52. The molecule has 1 aromatic carbocycles. The predicted molar refractivity (Wildman–Crippen MR) is 65.5 cm³/mol. The highest BCUT2D eigenvalue weighted by Crippen LogP contribution is 2.26. The third-order valence-electron chi connectivity index (χ3n) is 2.71. The van der Waals surface area contributed by atoms with Crippen LogP contribution in [0.5, 0.6) is 0 Å². The summed E-state index contributed by atoms with van der Waals surface area (Å²) in [5.41, 5.74) is 1.40. The molecule has 2 rings (SSSR count). The second-order valence-electron chi connectivity index (χ2n) is 3.77. The Hall–Kier alpha value is -1.39. The summed E-state index contributed by atoms with van der Waals surface area (Å²) in [5.74, 6) is -0.282. The van der Waals surface area contributed by atoms with Crippen molar-refractivity contribution in [2.75, 3.05) is 7.05 Å². The fourth-order valence-corrected chi connectivity index (χ4v) is 2.05. The van der Waals surface area contributed by atoms with Crippen LogP contribution >= 0.6 is 11.6 Å². The van der Waals surface area contributed by atoms with Crippen molar-refractivity contribution in [3.63, 3.8) is 0 Å². The van der Waals surface area contributed by atoms with Gasteiger partial charge in [0, 0.05) is 23.8 Å². The normalized spacial score (nSPS) is 12.7. The number of hydrogen-bond acceptors (Lipinski definition) is 2. The fraction of sp³-hybridized carbons (Fsp3) is 0.250. The summed E-state index contributed by atoms with van der Waals surface area (Å²) in [6, 6.07) is 6.13. The molecule has 1 N–H and O–H groups in total. The van der Waals surface area contributed by atoms with Gasteiger partial charge in [-0.3, -0.25) is 4.68 Å². The average molecular weight is 254 g/mol. The monoisotopic (exact) mass is 253 g/mol. The molecule has 0 radical (unpaired) electrons. The third-order valence-corrected chi connectivity index (χ3v) is 2.95. The molecule has 0 saturated heterocycles. The van der Waals surface area contributed by atoms with Crippen molar-refractivity contribution in [3.05, 3.63) is 52.6 Å². The molecule has 17 heavy (non-hydrogen) atoms. The molecular weight excluding hydrogens is 241 g/mol. The number of halogens is 2. The summed E-state index contributed by atoms with van der Waals surface area (Å²) in [6.07, 6.45) is 1.68. The number of benzene rings is 1. The van der Waals surface area contributed by atoms with Crippen molar-refractivity contribution in [3.8, 4) is 0 Å². The lowest BCUT2D eigenvalue weighted by Crippen LogP contribution is -2.21. The molecule has 2 aromatic rings. The summed E-state index contributed by atoms with van der Waals surface area (Å²) in [6.45, 7) is 0. The van der Waals surface area contributed by atoms with Crippen LogP contribution in [0.4, 0.5) is 4.39 Å².